The number of H-pyrrole nitrogens is 1. The second-order valence-electron chi connectivity index (χ2n) is 6.62. The van der Waals surface area contributed by atoms with Crippen LogP contribution in [0.3, 0.4) is 0 Å². The van der Waals surface area contributed by atoms with Gasteiger partial charge in [-0.1, -0.05) is 36.8 Å². The summed E-state index contributed by atoms with van der Waals surface area (Å²) in [4.78, 5) is 25.3. The van der Waals surface area contributed by atoms with Gasteiger partial charge in [0.05, 0.1) is 4.92 Å². The van der Waals surface area contributed by atoms with Crippen molar-refractivity contribution in [2.75, 3.05) is 13.1 Å². The van der Waals surface area contributed by atoms with Gasteiger partial charge in [0.25, 0.3) is 5.91 Å². The third-order valence-electron chi connectivity index (χ3n) is 4.79. The lowest BCUT2D eigenvalue weighted by atomic mass is 10.0. The van der Waals surface area contributed by atoms with Crippen LogP contribution in [0.5, 0.6) is 0 Å². The Bertz CT molecular complexity index is 774. The number of amides is 1. The average Bonchev–Trinajstić information content (AvgIpc) is 3.03. The maximum atomic E-state index is 12.4. The van der Waals surface area contributed by atoms with Crippen molar-refractivity contribution in [3.05, 3.63) is 57.4 Å². The molecule has 1 fully saturated rings. The molecule has 1 aliphatic heterocycles. The van der Waals surface area contributed by atoms with Crippen LogP contribution in [0.1, 0.15) is 41.0 Å². The molecule has 1 unspecified atom stereocenters. The number of nitro groups is 1. The molecular formula is C18H23N5O3. The predicted octanol–water partition coefficient (Wildman–Crippen LogP) is 2.41. The largest absolute Gasteiger partial charge is 0.349 e. The summed E-state index contributed by atoms with van der Waals surface area (Å²) in [5.41, 5.74) is 1.11. The second kappa shape index (κ2) is 8.09. The summed E-state index contributed by atoms with van der Waals surface area (Å²) in [5.74, 6) is -0.508. The van der Waals surface area contributed by atoms with Gasteiger partial charge < -0.3 is 5.32 Å². The Morgan fingerprint density at radius 3 is 2.88 bits per heavy atom. The van der Waals surface area contributed by atoms with Gasteiger partial charge in [-0.15, -0.1) is 0 Å². The first-order valence-electron chi connectivity index (χ1n) is 8.82. The quantitative estimate of drug-likeness (QED) is 0.610. The van der Waals surface area contributed by atoms with Crippen molar-refractivity contribution < 1.29 is 9.72 Å². The standard InChI is InChI=1S/C18H23N5O3/c1-13-17(23(25)26)16(21-20-13)18(24)19-11-15-9-5-6-10-22(15)12-14-7-3-2-4-8-14/h2-4,7-8,15H,5-6,9-12H2,1H3,(H,19,24)(H,20,21). The van der Waals surface area contributed by atoms with E-state index in [1.54, 1.807) is 0 Å². The molecule has 8 nitrogen and oxygen atoms in total. The number of benzene rings is 1. The number of carbonyl (C=O) groups excluding carboxylic acids is 1. The molecule has 1 aromatic heterocycles. The fourth-order valence-electron chi connectivity index (χ4n) is 3.42. The molecule has 8 heteroatoms. The number of rotatable bonds is 6. The molecule has 1 saturated heterocycles. The fraction of sp³-hybridized carbons (Fsp3) is 0.444. The molecule has 1 atom stereocenters. The number of carbonyl (C=O) groups is 1. The zero-order valence-electron chi connectivity index (χ0n) is 14.8. The Balaban J connectivity index is 1.63. The van der Waals surface area contributed by atoms with Crippen LogP contribution < -0.4 is 5.32 Å². The number of piperidine rings is 1. The van der Waals surface area contributed by atoms with E-state index in [0.29, 0.717) is 6.54 Å². The zero-order chi connectivity index (χ0) is 18.5. The molecule has 2 N–H and O–H groups in total. The van der Waals surface area contributed by atoms with Crippen molar-refractivity contribution in [3.63, 3.8) is 0 Å². The van der Waals surface area contributed by atoms with Gasteiger partial charge in [-0.3, -0.25) is 24.9 Å². The molecule has 1 aromatic carbocycles. The summed E-state index contributed by atoms with van der Waals surface area (Å²) >= 11 is 0. The van der Waals surface area contributed by atoms with Crippen LogP contribution >= 0.6 is 0 Å². The maximum Gasteiger partial charge on any atom is 0.322 e. The van der Waals surface area contributed by atoms with Crippen molar-refractivity contribution in [1.29, 1.82) is 0 Å². The van der Waals surface area contributed by atoms with Gasteiger partial charge in [-0.05, 0) is 31.9 Å². The van der Waals surface area contributed by atoms with Gasteiger partial charge in [0.1, 0.15) is 5.69 Å². The first-order valence-corrected chi connectivity index (χ1v) is 8.82. The van der Waals surface area contributed by atoms with E-state index in [1.807, 2.05) is 18.2 Å². The summed E-state index contributed by atoms with van der Waals surface area (Å²) in [6.45, 7) is 3.81. The minimum Gasteiger partial charge on any atom is -0.349 e. The van der Waals surface area contributed by atoms with Crippen molar-refractivity contribution in [3.8, 4) is 0 Å². The number of aromatic nitrogens is 2. The number of hydrogen-bond donors (Lipinski definition) is 2. The first kappa shape index (κ1) is 18.1. The topological polar surface area (TPSA) is 104 Å². The van der Waals surface area contributed by atoms with Crippen molar-refractivity contribution in [2.45, 2.75) is 38.8 Å². The van der Waals surface area contributed by atoms with E-state index in [0.717, 1.165) is 32.4 Å². The minimum absolute atomic E-state index is 0.155. The van der Waals surface area contributed by atoms with E-state index < -0.39 is 10.8 Å². The molecule has 3 rings (SSSR count). The van der Waals surface area contributed by atoms with Crippen LogP contribution in [0, 0.1) is 17.0 Å². The van der Waals surface area contributed by atoms with Crippen LogP contribution in [0.4, 0.5) is 5.69 Å². The highest BCUT2D eigenvalue weighted by molar-refractivity contribution is 5.96. The van der Waals surface area contributed by atoms with Crippen LogP contribution in [0.2, 0.25) is 0 Å². The highest BCUT2D eigenvalue weighted by Gasteiger charge is 2.28. The smallest absolute Gasteiger partial charge is 0.322 e. The van der Waals surface area contributed by atoms with Crippen LogP contribution in [0.15, 0.2) is 30.3 Å². The Morgan fingerprint density at radius 1 is 1.38 bits per heavy atom. The summed E-state index contributed by atoms with van der Waals surface area (Å²) in [7, 11) is 0. The highest BCUT2D eigenvalue weighted by Crippen LogP contribution is 2.21. The molecule has 0 saturated carbocycles. The molecule has 26 heavy (non-hydrogen) atoms. The van der Waals surface area contributed by atoms with E-state index in [4.69, 9.17) is 0 Å². The van der Waals surface area contributed by atoms with Crippen molar-refractivity contribution >= 4 is 11.6 Å². The van der Waals surface area contributed by atoms with E-state index in [1.165, 1.54) is 12.5 Å². The van der Waals surface area contributed by atoms with Crippen LogP contribution in [-0.4, -0.2) is 45.1 Å². The number of nitrogens with zero attached hydrogens (tertiary/aromatic N) is 3. The number of likely N-dealkylation sites (tertiary alicyclic amines) is 1. The lowest BCUT2D eigenvalue weighted by molar-refractivity contribution is -0.385. The molecule has 1 amide bonds. The summed E-state index contributed by atoms with van der Waals surface area (Å²) in [6.07, 6.45) is 3.25. The monoisotopic (exact) mass is 357 g/mol. The normalized spacial score (nSPS) is 17.8. The minimum atomic E-state index is -0.573. The second-order valence-corrected chi connectivity index (χ2v) is 6.62. The Hall–Kier alpha value is -2.74. The number of nitrogens with one attached hydrogen (secondary N) is 2. The summed E-state index contributed by atoms with van der Waals surface area (Å²) in [6, 6.07) is 10.5. The molecular weight excluding hydrogens is 334 g/mol. The van der Waals surface area contributed by atoms with Gasteiger partial charge >= 0.3 is 5.69 Å². The number of hydrogen-bond acceptors (Lipinski definition) is 5. The molecule has 138 valence electrons. The molecule has 2 heterocycles. The van der Waals surface area contributed by atoms with E-state index in [-0.39, 0.29) is 23.1 Å². The first-order chi connectivity index (χ1) is 12.6. The predicted molar refractivity (Wildman–Crippen MR) is 96.8 cm³/mol. The third-order valence-corrected chi connectivity index (χ3v) is 4.79. The lowest BCUT2D eigenvalue weighted by Gasteiger charge is -2.35. The Labute approximate surface area is 151 Å². The molecule has 0 radical (unpaired) electrons. The van der Waals surface area contributed by atoms with Crippen molar-refractivity contribution in [2.24, 2.45) is 0 Å². The van der Waals surface area contributed by atoms with E-state index in [9.17, 15) is 14.9 Å². The van der Waals surface area contributed by atoms with Gasteiger partial charge in [0.15, 0.2) is 0 Å². The zero-order valence-corrected chi connectivity index (χ0v) is 14.8. The maximum absolute atomic E-state index is 12.4. The van der Waals surface area contributed by atoms with Crippen LogP contribution in [-0.2, 0) is 6.54 Å². The van der Waals surface area contributed by atoms with Gasteiger partial charge in [0.2, 0.25) is 5.69 Å². The molecule has 1 aliphatic rings. The number of aryl methyl sites for hydroxylation is 1. The van der Waals surface area contributed by atoms with Crippen molar-refractivity contribution in [1.82, 2.24) is 20.4 Å². The van der Waals surface area contributed by atoms with Gasteiger partial charge in [0, 0.05) is 19.1 Å². The molecule has 2 aromatic rings. The molecule has 0 bridgehead atoms. The highest BCUT2D eigenvalue weighted by atomic mass is 16.6. The lowest BCUT2D eigenvalue weighted by Crippen LogP contribution is -2.46. The fourth-order valence-corrected chi connectivity index (χ4v) is 3.42. The van der Waals surface area contributed by atoms with Gasteiger partial charge in [-0.25, -0.2) is 0 Å². The summed E-state index contributed by atoms with van der Waals surface area (Å²) in [5, 5.41) is 20.3. The average molecular weight is 357 g/mol. The third kappa shape index (κ3) is 4.08. The van der Waals surface area contributed by atoms with Gasteiger partial charge in [-0.2, -0.15) is 5.10 Å². The molecule has 0 spiro atoms. The van der Waals surface area contributed by atoms with E-state index >= 15 is 0 Å². The Kier molecular flexibility index (Phi) is 5.62. The Morgan fingerprint density at radius 2 is 2.15 bits per heavy atom. The summed E-state index contributed by atoms with van der Waals surface area (Å²) < 4.78 is 0. The molecule has 0 aliphatic carbocycles. The number of aromatic amines is 1. The SMILES string of the molecule is Cc1[nH]nc(C(=O)NCC2CCCCN2Cc2ccccc2)c1[N+](=O)[O-]. The van der Waals surface area contributed by atoms with E-state index in [2.05, 4.69) is 32.5 Å². The van der Waals surface area contributed by atoms with Crippen LogP contribution in [0.25, 0.3) is 0 Å².